The molecule has 0 fully saturated rings. The summed E-state index contributed by atoms with van der Waals surface area (Å²) in [7, 11) is 0. The normalized spacial score (nSPS) is 10.1. The van der Waals surface area contributed by atoms with Gasteiger partial charge in [0.1, 0.15) is 5.82 Å². The van der Waals surface area contributed by atoms with Gasteiger partial charge in [0.2, 0.25) is 0 Å². The number of hydrogen-bond donors (Lipinski definition) is 1. The van der Waals surface area contributed by atoms with E-state index in [2.05, 4.69) is 5.32 Å². The van der Waals surface area contributed by atoms with Crippen molar-refractivity contribution < 1.29 is 14.0 Å². The topological polar surface area (TPSA) is 46.2 Å². The van der Waals surface area contributed by atoms with Crippen LogP contribution in [0, 0.1) is 5.82 Å². The Morgan fingerprint density at radius 1 is 1.05 bits per heavy atom. The van der Waals surface area contributed by atoms with E-state index in [4.69, 9.17) is 11.6 Å². The van der Waals surface area contributed by atoms with Crippen LogP contribution in [-0.2, 0) is 0 Å². The second kappa shape index (κ2) is 6.30. The van der Waals surface area contributed by atoms with E-state index < -0.39 is 5.82 Å². The molecule has 0 atom stereocenters. The van der Waals surface area contributed by atoms with Crippen molar-refractivity contribution >= 4 is 23.3 Å². The van der Waals surface area contributed by atoms with Crippen molar-refractivity contribution in [1.82, 2.24) is 5.32 Å². The fourth-order valence-corrected chi connectivity index (χ4v) is 1.75. The summed E-state index contributed by atoms with van der Waals surface area (Å²) in [4.78, 5) is 23.6. The number of carbonyl (C=O) groups is 2. The molecule has 2 aromatic rings. The van der Waals surface area contributed by atoms with Crippen LogP contribution in [-0.4, -0.2) is 18.2 Å². The highest BCUT2D eigenvalue weighted by Gasteiger charge is 2.10. The van der Waals surface area contributed by atoms with Crippen LogP contribution in [0.2, 0.25) is 5.02 Å². The summed E-state index contributed by atoms with van der Waals surface area (Å²) in [5.41, 5.74) is 0.628. The third kappa shape index (κ3) is 3.65. The maximum absolute atomic E-state index is 13.0. The van der Waals surface area contributed by atoms with Crippen LogP contribution in [0.25, 0.3) is 0 Å². The smallest absolute Gasteiger partial charge is 0.251 e. The molecular formula is C15H11ClFNO2. The predicted octanol–water partition coefficient (Wildman–Crippen LogP) is 3.09. The van der Waals surface area contributed by atoms with Gasteiger partial charge in [0.05, 0.1) is 6.54 Å². The number of rotatable bonds is 4. The van der Waals surface area contributed by atoms with Crippen LogP contribution in [0.5, 0.6) is 0 Å². The van der Waals surface area contributed by atoms with Gasteiger partial charge < -0.3 is 5.32 Å². The standard InChI is InChI=1S/C15H11ClFNO2/c16-12-6-4-10(5-7-12)15(20)18-9-14(19)11-2-1-3-13(17)8-11/h1-8H,9H2,(H,18,20). The van der Waals surface area contributed by atoms with Gasteiger partial charge in [-0.2, -0.15) is 0 Å². The molecule has 5 heteroatoms. The zero-order chi connectivity index (χ0) is 14.5. The first-order valence-corrected chi connectivity index (χ1v) is 6.26. The lowest BCUT2D eigenvalue weighted by molar-refractivity contribution is 0.0904. The Hall–Kier alpha value is -2.20. The van der Waals surface area contributed by atoms with Gasteiger partial charge in [0.15, 0.2) is 5.78 Å². The van der Waals surface area contributed by atoms with Gasteiger partial charge in [-0.25, -0.2) is 4.39 Å². The highest BCUT2D eigenvalue weighted by atomic mass is 35.5. The summed E-state index contributed by atoms with van der Waals surface area (Å²) in [6.07, 6.45) is 0. The summed E-state index contributed by atoms with van der Waals surface area (Å²) in [6.45, 7) is -0.190. The van der Waals surface area contributed by atoms with Gasteiger partial charge in [-0.1, -0.05) is 23.7 Å². The Labute approximate surface area is 120 Å². The second-order valence-electron chi connectivity index (χ2n) is 4.12. The number of amides is 1. The molecular weight excluding hydrogens is 281 g/mol. The number of hydrogen-bond acceptors (Lipinski definition) is 2. The molecule has 0 saturated heterocycles. The summed E-state index contributed by atoms with van der Waals surface area (Å²) >= 11 is 5.72. The van der Waals surface area contributed by atoms with Crippen LogP contribution in [0.15, 0.2) is 48.5 Å². The SMILES string of the molecule is O=C(CNC(=O)c1ccc(Cl)cc1)c1cccc(F)c1. The summed E-state index contributed by atoms with van der Waals surface area (Å²) in [5, 5.41) is 3.01. The molecule has 2 aromatic carbocycles. The van der Waals surface area contributed by atoms with E-state index in [1.165, 1.54) is 18.2 Å². The molecule has 0 heterocycles. The van der Waals surface area contributed by atoms with E-state index in [0.717, 1.165) is 6.07 Å². The number of halogens is 2. The van der Waals surface area contributed by atoms with E-state index in [1.54, 1.807) is 24.3 Å². The largest absolute Gasteiger partial charge is 0.345 e. The van der Waals surface area contributed by atoms with E-state index in [-0.39, 0.29) is 23.8 Å². The van der Waals surface area contributed by atoms with E-state index in [1.807, 2.05) is 0 Å². The van der Waals surface area contributed by atoms with Crippen LogP contribution in [0.1, 0.15) is 20.7 Å². The molecule has 0 aliphatic carbocycles. The molecule has 0 aromatic heterocycles. The molecule has 2 rings (SSSR count). The minimum Gasteiger partial charge on any atom is -0.345 e. The van der Waals surface area contributed by atoms with Crippen molar-refractivity contribution in [2.24, 2.45) is 0 Å². The first-order chi connectivity index (χ1) is 9.56. The predicted molar refractivity (Wildman–Crippen MR) is 74.5 cm³/mol. The van der Waals surface area contributed by atoms with Crippen molar-refractivity contribution in [1.29, 1.82) is 0 Å². The first kappa shape index (κ1) is 14.2. The fourth-order valence-electron chi connectivity index (χ4n) is 1.63. The van der Waals surface area contributed by atoms with Crippen LogP contribution in [0.3, 0.4) is 0 Å². The number of Topliss-reactive ketones (excluding diaryl/α,β-unsaturated/α-hetero) is 1. The molecule has 1 amide bonds. The molecule has 0 saturated carbocycles. The lowest BCUT2D eigenvalue weighted by Gasteiger charge is -2.05. The van der Waals surface area contributed by atoms with Crippen molar-refractivity contribution in [3.8, 4) is 0 Å². The lowest BCUT2D eigenvalue weighted by atomic mass is 10.1. The number of ketones is 1. The Bertz CT molecular complexity index is 641. The fraction of sp³-hybridized carbons (Fsp3) is 0.0667. The Kier molecular flexibility index (Phi) is 4.48. The Morgan fingerprint density at radius 2 is 1.75 bits per heavy atom. The quantitative estimate of drug-likeness (QED) is 0.880. The molecule has 3 nitrogen and oxygen atoms in total. The Balaban J connectivity index is 1.96. The van der Waals surface area contributed by atoms with Gasteiger partial charge in [-0.15, -0.1) is 0 Å². The third-order valence-electron chi connectivity index (χ3n) is 2.66. The van der Waals surface area contributed by atoms with Gasteiger partial charge in [0, 0.05) is 16.1 Å². The number of benzene rings is 2. The second-order valence-corrected chi connectivity index (χ2v) is 4.56. The third-order valence-corrected chi connectivity index (χ3v) is 2.91. The highest BCUT2D eigenvalue weighted by Crippen LogP contribution is 2.09. The van der Waals surface area contributed by atoms with Gasteiger partial charge in [-0.3, -0.25) is 9.59 Å². The zero-order valence-electron chi connectivity index (χ0n) is 10.4. The van der Waals surface area contributed by atoms with Gasteiger partial charge in [0.25, 0.3) is 5.91 Å². The maximum atomic E-state index is 13.0. The minimum absolute atomic E-state index is 0.190. The van der Waals surface area contributed by atoms with Crippen molar-refractivity contribution in [3.63, 3.8) is 0 Å². The molecule has 20 heavy (non-hydrogen) atoms. The van der Waals surface area contributed by atoms with Crippen LogP contribution < -0.4 is 5.32 Å². The Morgan fingerprint density at radius 3 is 2.40 bits per heavy atom. The highest BCUT2D eigenvalue weighted by molar-refractivity contribution is 6.30. The molecule has 1 N–H and O–H groups in total. The van der Waals surface area contributed by atoms with E-state index in [0.29, 0.717) is 10.6 Å². The molecule has 102 valence electrons. The zero-order valence-corrected chi connectivity index (χ0v) is 11.2. The number of nitrogens with one attached hydrogen (secondary N) is 1. The molecule has 0 aliphatic rings. The molecule has 0 aliphatic heterocycles. The maximum Gasteiger partial charge on any atom is 0.251 e. The monoisotopic (exact) mass is 291 g/mol. The van der Waals surface area contributed by atoms with E-state index >= 15 is 0 Å². The minimum atomic E-state index is -0.486. The van der Waals surface area contributed by atoms with Gasteiger partial charge in [-0.05, 0) is 36.4 Å². The van der Waals surface area contributed by atoms with Crippen molar-refractivity contribution in [3.05, 3.63) is 70.5 Å². The van der Waals surface area contributed by atoms with Crippen LogP contribution >= 0.6 is 11.6 Å². The molecule has 0 unspecified atom stereocenters. The average Bonchev–Trinajstić information content (AvgIpc) is 2.45. The summed E-state index contributed by atoms with van der Waals surface area (Å²) in [6, 6.07) is 11.6. The van der Waals surface area contributed by atoms with Crippen LogP contribution in [0.4, 0.5) is 4.39 Å². The summed E-state index contributed by atoms with van der Waals surface area (Å²) < 4.78 is 13.0. The number of carbonyl (C=O) groups excluding carboxylic acids is 2. The molecule has 0 radical (unpaired) electrons. The molecule has 0 spiro atoms. The summed E-state index contributed by atoms with van der Waals surface area (Å²) in [5.74, 6) is -1.22. The lowest BCUT2D eigenvalue weighted by Crippen LogP contribution is -2.29. The van der Waals surface area contributed by atoms with E-state index in [9.17, 15) is 14.0 Å². The average molecular weight is 292 g/mol. The van der Waals surface area contributed by atoms with Crippen molar-refractivity contribution in [2.45, 2.75) is 0 Å². The molecule has 0 bridgehead atoms. The first-order valence-electron chi connectivity index (χ1n) is 5.89. The van der Waals surface area contributed by atoms with Gasteiger partial charge >= 0.3 is 0 Å². The van der Waals surface area contributed by atoms with Crippen molar-refractivity contribution in [2.75, 3.05) is 6.54 Å².